The lowest BCUT2D eigenvalue weighted by Crippen LogP contribution is -2.34. The van der Waals surface area contributed by atoms with Crippen molar-refractivity contribution < 1.29 is 9.53 Å². The van der Waals surface area contributed by atoms with E-state index in [0.717, 1.165) is 23.2 Å². The van der Waals surface area contributed by atoms with Gasteiger partial charge in [-0.15, -0.1) is 0 Å². The van der Waals surface area contributed by atoms with Crippen molar-refractivity contribution >= 4 is 11.8 Å². The lowest BCUT2D eigenvalue weighted by molar-refractivity contribution is 0.0523. The fourth-order valence-corrected chi connectivity index (χ4v) is 2.82. The van der Waals surface area contributed by atoms with Crippen LogP contribution < -0.4 is 11.1 Å². The fourth-order valence-electron chi connectivity index (χ4n) is 2.82. The van der Waals surface area contributed by atoms with E-state index >= 15 is 0 Å². The van der Waals surface area contributed by atoms with Gasteiger partial charge >= 0.3 is 6.09 Å². The molecule has 24 heavy (non-hydrogen) atoms. The van der Waals surface area contributed by atoms with Gasteiger partial charge in [-0.25, -0.2) is 4.79 Å². The Morgan fingerprint density at radius 2 is 1.83 bits per heavy atom. The molecule has 1 saturated carbocycles. The van der Waals surface area contributed by atoms with E-state index in [2.05, 4.69) is 35.6 Å². The second kappa shape index (κ2) is 6.19. The van der Waals surface area contributed by atoms with Crippen LogP contribution in [-0.2, 0) is 4.74 Å². The number of anilines is 1. The molecular weight excluding hydrogens is 300 g/mol. The molecule has 1 aliphatic rings. The molecule has 0 radical (unpaired) electrons. The molecule has 0 aliphatic heterocycles. The zero-order valence-electron chi connectivity index (χ0n) is 14.4. The van der Waals surface area contributed by atoms with Crippen molar-refractivity contribution in [2.45, 2.75) is 44.8 Å². The first-order valence-corrected chi connectivity index (χ1v) is 8.27. The predicted molar refractivity (Wildman–Crippen MR) is 96.8 cm³/mol. The van der Waals surface area contributed by atoms with Crippen molar-refractivity contribution in [3.8, 4) is 11.1 Å². The number of hydrogen-bond acceptors (Lipinski definition) is 3. The first-order chi connectivity index (χ1) is 11.3. The Morgan fingerprint density at radius 1 is 1.12 bits per heavy atom. The summed E-state index contributed by atoms with van der Waals surface area (Å²) in [6.45, 7) is 5.60. The number of carbonyl (C=O) groups is 1. The van der Waals surface area contributed by atoms with Gasteiger partial charge in [-0.2, -0.15) is 0 Å². The number of alkyl carbamates (subject to hydrolysis) is 1. The highest BCUT2D eigenvalue weighted by Crippen LogP contribution is 2.41. The minimum atomic E-state index is -0.465. The number of amides is 1. The molecule has 2 aromatic rings. The first-order valence-electron chi connectivity index (χ1n) is 8.27. The zero-order valence-corrected chi connectivity index (χ0v) is 14.4. The Labute approximate surface area is 143 Å². The molecule has 0 spiro atoms. The molecule has 0 aromatic heterocycles. The van der Waals surface area contributed by atoms with Crippen molar-refractivity contribution in [3.05, 3.63) is 54.1 Å². The van der Waals surface area contributed by atoms with Crippen molar-refractivity contribution in [2.75, 3.05) is 5.73 Å². The zero-order chi connectivity index (χ0) is 17.3. The molecule has 3 rings (SSSR count). The highest BCUT2D eigenvalue weighted by atomic mass is 16.6. The number of hydrogen-bond donors (Lipinski definition) is 2. The summed E-state index contributed by atoms with van der Waals surface area (Å²) < 4.78 is 5.30. The molecule has 4 heteroatoms. The summed E-state index contributed by atoms with van der Waals surface area (Å²) in [4.78, 5) is 11.8. The molecule has 1 amide bonds. The maximum absolute atomic E-state index is 11.8. The molecule has 4 nitrogen and oxygen atoms in total. The Morgan fingerprint density at radius 3 is 2.46 bits per heavy atom. The molecule has 0 bridgehead atoms. The standard InChI is InChI=1S/C20H24N2O2/c1-20(2,3)24-19(23)22-18-12-17(18)14-9-7-13(8-10-14)15-5-4-6-16(21)11-15/h4-11,17-18H,12,21H2,1-3H3,(H,22,23). The van der Waals surface area contributed by atoms with Gasteiger partial charge in [0, 0.05) is 17.6 Å². The molecule has 1 aliphatic carbocycles. The van der Waals surface area contributed by atoms with Crippen molar-refractivity contribution in [3.63, 3.8) is 0 Å². The van der Waals surface area contributed by atoms with E-state index in [9.17, 15) is 4.79 Å². The number of ether oxygens (including phenoxy) is 1. The van der Waals surface area contributed by atoms with E-state index in [-0.39, 0.29) is 12.1 Å². The van der Waals surface area contributed by atoms with E-state index < -0.39 is 5.60 Å². The monoisotopic (exact) mass is 324 g/mol. The van der Waals surface area contributed by atoms with Crippen molar-refractivity contribution in [1.82, 2.24) is 5.32 Å². The summed E-state index contributed by atoms with van der Waals surface area (Å²) >= 11 is 0. The summed E-state index contributed by atoms with van der Waals surface area (Å²) in [5.41, 5.74) is 9.63. The Hall–Kier alpha value is -2.49. The van der Waals surface area contributed by atoms with Gasteiger partial charge in [-0.3, -0.25) is 0 Å². The molecule has 0 saturated heterocycles. The average Bonchev–Trinajstić information content (AvgIpc) is 3.24. The summed E-state index contributed by atoms with van der Waals surface area (Å²) in [6.07, 6.45) is 0.614. The number of rotatable bonds is 3. The first kappa shape index (κ1) is 16.4. The van der Waals surface area contributed by atoms with Crippen LogP contribution >= 0.6 is 0 Å². The molecule has 2 atom stereocenters. The summed E-state index contributed by atoms with van der Waals surface area (Å²) in [5.74, 6) is 0.368. The maximum atomic E-state index is 11.8. The molecule has 1 fully saturated rings. The number of nitrogens with two attached hydrogens (primary N) is 1. The lowest BCUT2D eigenvalue weighted by atomic mass is 10.0. The number of nitrogens with one attached hydrogen (secondary N) is 1. The van der Waals surface area contributed by atoms with E-state index in [1.54, 1.807) is 0 Å². The minimum Gasteiger partial charge on any atom is -0.444 e. The fraction of sp³-hybridized carbons (Fsp3) is 0.350. The van der Waals surface area contributed by atoms with Crippen LogP contribution in [0, 0.1) is 0 Å². The SMILES string of the molecule is CC(C)(C)OC(=O)NC1CC1c1ccc(-c2cccc(N)c2)cc1. The summed E-state index contributed by atoms with van der Waals surface area (Å²) in [6, 6.07) is 16.5. The third kappa shape index (κ3) is 4.07. The minimum absolute atomic E-state index is 0.165. The second-order valence-corrected chi connectivity index (χ2v) is 7.34. The maximum Gasteiger partial charge on any atom is 0.407 e. The smallest absolute Gasteiger partial charge is 0.407 e. The normalized spacial score (nSPS) is 19.6. The van der Waals surface area contributed by atoms with Gasteiger partial charge in [-0.05, 0) is 56.0 Å². The van der Waals surface area contributed by atoms with E-state index in [1.165, 1.54) is 5.56 Å². The highest BCUT2D eigenvalue weighted by molar-refractivity contribution is 5.69. The van der Waals surface area contributed by atoms with Gasteiger partial charge in [0.15, 0.2) is 0 Å². The Bertz CT molecular complexity index is 732. The molecule has 126 valence electrons. The van der Waals surface area contributed by atoms with Crippen LogP contribution in [0.5, 0.6) is 0 Å². The largest absolute Gasteiger partial charge is 0.444 e. The van der Waals surface area contributed by atoms with Gasteiger partial charge in [0.1, 0.15) is 5.60 Å². The predicted octanol–water partition coefficient (Wildman–Crippen LogP) is 4.32. The molecule has 2 aromatic carbocycles. The second-order valence-electron chi connectivity index (χ2n) is 7.34. The van der Waals surface area contributed by atoms with Crippen LogP contribution in [0.3, 0.4) is 0 Å². The van der Waals surface area contributed by atoms with Crippen LogP contribution in [0.2, 0.25) is 0 Å². The number of carbonyl (C=O) groups excluding carboxylic acids is 1. The van der Waals surface area contributed by atoms with E-state index in [0.29, 0.717) is 5.92 Å². The number of benzene rings is 2. The van der Waals surface area contributed by atoms with Crippen LogP contribution in [0.15, 0.2) is 48.5 Å². The highest BCUT2D eigenvalue weighted by Gasteiger charge is 2.40. The van der Waals surface area contributed by atoms with Gasteiger partial charge in [0.25, 0.3) is 0 Å². The van der Waals surface area contributed by atoms with Crippen LogP contribution in [-0.4, -0.2) is 17.7 Å². The van der Waals surface area contributed by atoms with Gasteiger partial charge in [0.2, 0.25) is 0 Å². The Balaban J connectivity index is 1.61. The topological polar surface area (TPSA) is 64.3 Å². The molecule has 3 N–H and O–H groups in total. The quantitative estimate of drug-likeness (QED) is 0.827. The third-order valence-electron chi connectivity index (χ3n) is 4.05. The van der Waals surface area contributed by atoms with Crippen LogP contribution in [0.25, 0.3) is 11.1 Å². The van der Waals surface area contributed by atoms with Gasteiger partial charge in [0.05, 0.1) is 0 Å². The van der Waals surface area contributed by atoms with Crippen molar-refractivity contribution in [1.29, 1.82) is 0 Å². The van der Waals surface area contributed by atoms with Crippen LogP contribution in [0.4, 0.5) is 10.5 Å². The average molecular weight is 324 g/mol. The molecule has 0 heterocycles. The summed E-state index contributed by atoms with van der Waals surface area (Å²) in [5, 5.41) is 2.94. The summed E-state index contributed by atoms with van der Waals surface area (Å²) in [7, 11) is 0. The Kier molecular flexibility index (Phi) is 4.22. The molecule has 2 unspecified atom stereocenters. The van der Waals surface area contributed by atoms with E-state index in [4.69, 9.17) is 10.5 Å². The van der Waals surface area contributed by atoms with E-state index in [1.807, 2.05) is 39.0 Å². The van der Waals surface area contributed by atoms with Crippen molar-refractivity contribution in [2.24, 2.45) is 0 Å². The lowest BCUT2D eigenvalue weighted by Gasteiger charge is -2.19. The molecular formula is C20H24N2O2. The van der Waals surface area contributed by atoms with Crippen LogP contribution in [0.1, 0.15) is 38.7 Å². The third-order valence-corrected chi connectivity index (χ3v) is 4.05. The number of nitrogen functional groups attached to an aromatic ring is 1. The van der Waals surface area contributed by atoms with Gasteiger partial charge < -0.3 is 15.8 Å². The van der Waals surface area contributed by atoms with Gasteiger partial charge in [-0.1, -0.05) is 36.4 Å².